The molecule has 0 saturated carbocycles. The molecule has 2 rings (SSSR count). The maximum atomic E-state index is 12.0. The zero-order chi connectivity index (χ0) is 18.2. The van der Waals surface area contributed by atoms with Crippen molar-refractivity contribution >= 4 is 5.91 Å². The van der Waals surface area contributed by atoms with Crippen molar-refractivity contribution in [3.63, 3.8) is 0 Å². The Bertz CT molecular complexity index is 552. The van der Waals surface area contributed by atoms with Gasteiger partial charge < -0.3 is 20.1 Å². The Balaban J connectivity index is 1.65. The molecular formula is C20H32N2O3. The fraction of sp³-hybridized carbons (Fsp3) is 0.650. The van der Waals surface area contributed by atoms with Gasteiger partial charge in [-0.3, -0.25) is 4.79 Å². The molecule has 1 fully saturated rings. The predicted octanol–water partition coefficient (Wildman–Crippen LogP) is 2.46. The maximum Gasteiger partial charge on any atom is 0.257 e. The van der Waals surface area contributed by atoms with Crippen LogP contribution >= 0.6 is 0 Å². The summed E-state index contributed by atoms with van der Waals surface area (Å²) in [7, 11) is 0. The molecule has 0 aliphatic carbocycles. The Labute approximate surface area is 151 Å². The largest absolute Gasteiger partial charge is 0.483 e. The van der Waals surface area contributed by atoms with Crippen LogP contribution < -0.4 is 10.1 Å². The molecule has 0 aromatic heterocycles. The molecule has 5 nitrogen and oxygen atoms in total. The molecule has 140 valence electrons. The van der Waals surface area contributed by atoms with Crippen molar-refractivity contribution in [3.8, 4) is 5.75 Å². The molecule has 5 heteroatoms. The molecule has 0 bridgehead atoms. The first-order valence-electron chi connectivity index (χ1n) is 9.36. The van der Waals surface area contributed by atoms with Gasteiger partial charge in [-0.05, 0) is 55.8 Å². The molecule has 1 aromatic rings. The normalized spacial score (nSPS) is 16.2. The van der Waals surface area contributed by atoms with Crippen molar-refractivity contribution in [2.75, 3.05) is 32.8 Å². The summed E-state index contributed by atoms with van der Waals surface area (Å²) in [5.74, 6) is 1.14. The first-order chi connectivity index (χ1) is 12.0. The van der Waals surface area contributed by atoms with E-state index in [9.17, 15) is 9.90 Å². The van der Waals surface area contributed by atoms with Crippen LogP contribution in [0, 0.1) is 6.92 Å². The average molecular weight is 348 g/mol. The average Bonchev–Trinajstić information content (AvgIpc) is 2.59. The van der Waals surface area contributed by atoms with Crippen LogP contribution in [0.2, 0.25) is 0 Å². The zero-order valence-electron chi connectivity index (χ0n) is 15.8. The van der Waals surface area contributed by atoms with Crippen molar-refractivity contribution in [1.82, 2.24) is 10.2 Å². The minimum atomic E-state index is -0.134. The number of carbonyl (C=O) groups excluding carboxylic acids is 1. The van der Waals surface area contributed by atoms with Crippen LogP contribution in [0.1, 0.15) is 50.2 Å². The fourth-order valence-electron chi connectivity index (χ4n) is 3.00. The number of likely N-dealkylation sites (tertiary alicyclic amines) is 1. The molecule has 0 spiro atoms. The Morgan fingerprint density at radius 2 is 2.08 bits per heavy atom. The summed E-state index contributed by atoms with van der Waals surface area (Å²) in [6.07, 6.45) is 2.50. The number of nitrogens with one attached hydrogen (secondary N) is 1. The highest BCUT2D eigenvalue weighted by Crippen LogP contribution is 2.24. The van der Waals surface area contributed by atoms with Crippen LogP contribution in [0.3, 0.4) is 0 Å². The molecule has 25 heavy (non-hydrogen) atoms. The highest BCUT2D eigenvalue weighted by molar-refractivity contribution is 5.77. The summed E-state index contributed by atoms with van der Waals surface area (Å²) in [5, 5.41) is 12.4. The second kappa shape index (κ2) is 9.78. The van der Waals surface area contributed by atoms with E-state index in [0.29, 0.717) is 12.5 Å². The molecule has 2 N–H and O–H groups in total. The molecule has 0 atom stereocenters. The maximum absolute atomic E-state index is 12.0. The highest BCUT2D eigenvalue weighted by Gasteiger charge is 2.16. The third kappa shape index (κ3) is 6.67. The number of amides is 1. The Morgan fingerprint density at radius 3 is 2.76 bits per heavy atom. The second-order valence-electron chi connectivity index (χ2n) is 7.24. The number of carbonyl (C=O) groups is 1. The number of ether oxygens (including phenoxy) is 1. The van der Waals surface area contributed by atoms with E-state index in [4.69, 9.17) is 4.74 Å². The van der Waals surface area contributed by atoms with E-state index in [0.717, 1.165) is 50.2 Å². The van der Waals surface area contributed by atoms with Crippen molar-refractivity contribution in [2.45, 2.75) is 52.1 Å². The quantitative estimate of drug-likeness (QED) is 0.709. The molecular weight excluding hydrogens is 316 g/mol. The first kappa shape index (κ1) is 19.7. The number of aliphatic hydroxyl groups is 1. The standard InChI is InChI=1S/C20H32N2O3/c1-15(2)17-6-5-16(3)19(13-17)25-14-20(24)21-9-4-10-22-11-7-18(23)8-12-22/h5-6,13,15,18,23H,4,7-12,14H2,1-3H3,(H,21,24). The lowest BCUT2D eigenvalue weighted by atomic mass is 10.0. The summed E-state index contributed by atoms with van der Waals surface area (Å²) in [5.41, 5.74) is 2.26. The molecule has 1 aliphatic rings. The van der Waals surface area contributed by atoms with Crippen LogP contribution in [0.15, 0.2) is 18.2 Å². The van der Waals surface area contributed by atoms with Gasteiger partial charge in [0.15, 0.2) is 6.61 Å². The smallest absolute Gasteiger partial charge is 0.257 e. The van der Waals surface area contributed by atoms with Crippen molar-refractivity contribution in [1.29, 1.82) is 0 Å². The molecule has 0 radical (unpaired) electrons. The monoisotopic (exact) mass is 348 g/mol. The van der Waals surface area contributed by atoms with E-state index in [1.165, 1.54) is 5.56 Å². The second-order valence-corrected chi connectivity index (χ2v) is 7.24. The van der Waals surface area contributed by atoms with E-state index >= 15 is 0 Å². The summed E-state index contributed by atoms with van der Waals surface area (Å²) >= 11 is 0. The van der Waals surface area contributed by atoms with Crippen molar-refractivity contribution in [3.05, 3.63) is 29.3 Å². The predicted molar refractivity (Wildman–Crippen MR) is 100 cm³/mol. The third-order valence-electron chi connectivity index (χ3n) is 4.77. The van der Waals surface area contributed by atoms with Gasteiger partial charge in [0, 0.05) is 19.6 Å². The summed E-state index contributed by atoms with van der Waals surface area (Å²) in [6.45, 7) is 9.85. The minimum Gasteiger partial charge on any atom is -0.483 e. The number of nitrogens with zero attached hydrogens (tertiary/aromatic N) is 1. The fourth-order valence-corrected chi connectivity index (χ4v) is 3.00. The van der Waals surface area contributed by atoms with Gasteiger partial charge in [-0.1, -0.05) is 26.0 Å². The van der Waals surface area contributed by atoms with Crippen LogP contribution in [0.25, 0.3) is 0 Å². The van der Waals surface area contributed by atoms with Gasteiger partial charge >= 0.3 is 0 Å². The number of hydrogen-bond acceptors (Lipinski definition) is 4. The minimum absolute atomic E-state index is 0.0539. The lowest BCUT2D eigenvalue weighted by Gasteiger charge is -2.29. The Morgan fingerprint density at radius 1 is 1.36 bits per heavy atom. The molecule has 1 aromatic carbocycles. The van der Waals surface area contributed by atoms with Gasteiger partial charge in [0.2, 0.25) is 0 Å². The number of aryl methyl sites for hydroxylation is 1. The lowest BCUT2D eigenvalue weighted by molar-refractivity contribution is -0.123. The van der Waals surface area contributed by atoms with E-state index in [-0.39, 0.29) is 18.6 Å². The summed E-state index contributed by atoms with van der Waals surface area (Å²) < 4.78 is 5.70. The van der Waals surface area contributed by atoms with Gasteiger partial charge in [0.25, 0.3) is 5.91 Å². The van der Waals surface area contributed by atoms with Crippen LogP contribution in [0.4, 0.5) is 0 Å². The number of hydrogen-bond donors (Lipinski definition) is 2. The number of piperidine rings is 1. The molecule has 1 heterocycles. The Kier molecular flexibility index (Phi) is 7.72. The van der Waals surface area contributed by atoms with E-state index in [2.05, 4.69) is 30.1 Å². The topological polar surface area (TPSA) is 61.8 Å². The first-order valence-corrected chi connectivity index (χ1v) is 9.36. The van der Waals surface area contributed by atoms with Gasteiger partial charge in [0.05, 0.1) is 6.10 Å². The summed E-state index contributed by atoms with van der Waals surface area (Å²) in [6, 6.07) is 6.17. The lowest BCUT2D eigenvalue weighted by Crippen LogP contribution is -2.38. The van der Waals surface area contributed by atoms with Crippen molar-refractivity contribution < 1.29 is 14.6 Å². The van der Waals surface area contributed by atoms with Gasteiger partial charge in [-0.15, -0.1) is 0 Å². The van der Waals surface area contributed by atoms with Crippen molar-refractivity contribution in [2.24, 2.45) is 0 Å². The van der Waals surface area contributed by atoms with Gasteiger partial charge in [-0.25, -0.2) is 0 Å². The highest BCUT2D eigenvalue weighted by atomic mass is 16.5. The number of benzene rings is 1. The van der Waals surface area contributed by atoms with Crippen LogP contribution in [-0.2, 0) is 4.79 Å². The van der Waals surface area contributed by atoms with Crippen LogP contribution in [0.5, 0.6) is 5.75 Å². The molecule has 1 amide bonds. The SMILES string of the molecule is Cc1ccc(C(C)C)cc1OCC(=O)NCCCN1CCC(O)CC1. The van der Waals surface area contributed by atoms with Crippen LogP contribution in [-0.4, -0.2) is 54.8 Å². The molecule has 0 unspecified atom stereocenters. The van der Waals surface area contributed by atoms with E-state index in [1.807, 2.05) is 19.1 Å². The summed E-state index contributed by atoms with van der Waals surface area (Å²) in [4.78, 5) is 14.3. The number of rotatable bonds is 8. The van der Waals surface area contributed by atoms with E-state index in [1.54, 1.807) is 0 Å². The Hall–Kier alpha value is -1.59. The van der Waals surface area contributed by atoms with Gasteiger partial charge in [0.1, 0.15) is 5.75 Å². The van der Waals surface area contributed by atoms with Gasteiger partial charge in [-0.2, -0.15) is 0 Å². The third-order valence-corrected chi connectivity index (χ3v) is 4.77. The molecule has 1 aliphatic heterocycles. The van der Waals surface area contributed by atoms with E-state index < -0.39 is 0 Å². The zero-order valence-corrected chi connectivity index (χ0v) is 15.8. The number of aliphatic hydroxyl groups excluding tert-OH is 1. The molecule has 1 saturated heterocycles.